The number of benzene rings is 1. The van der Waals surface area contributed by atoms with E-state index in [1.807, 2.05) is 6.07 Å². The first-order chi connectivity index (χ1) is 13.5. The molecule has 148 valence electrons. The fraction of sp³-hybridized carbons (Fsp3) is 0.450. The number of anilines is 4. The molecule has 8 heteroatoms. The fourth-order valence-corrected chi connectivity index (χ4v) is 4.17. The van der Waals surface area contributed by atoms with Crippen molar-refractivity contribution in [2.24, 2.45) is 0 Å². The van der Waals surface area contributed by atoms with Gasteiger partial charge in [0.15, 0.2) is 0 Å². The highest BCUT2D eigenvalue weighted by molar-refractivity contribution is 6.33. The summed E-state index contributed by atoms with van der Waals surface area (Å²) in [4.78, 5) is 23.3. The Morgan fingerprint density at radius 1 is 1.29 bits per heavy atom. The Morgan fingerprint density at radius 2 is 2.14 bits per heavy atom. The van der Waals surface area contributed by atoms with Gasteiger partial charge < -0.3 is 21.3 Å². The predicted octanol–water partition coefficient (Wildman–Crippen LogP) is 3.05. The first-order valence-corrected chi connectivity index (χ1v) is 10.1. The maximum Gasteiger partial charge on any atom is 0.229 e. The fourth-order valence-electron chi connectivity index (χ4n) is 4.06. The van der Waals surface area contributed by atoms with Crippen molar-refractivity contribution in [2.75, 3.05) is 29.0 Å². The monoisotopic (exact) mass is 400 g/mol. The molecule has 2 heterocycles. The molecule has 0 spiro atoms. The Balaban J connectivity index is 1.62. The molecule has 1 atom stereocenters. The zero-order chi connectivity index (χ0) is 19.7. The lowest BCUT2D eigenvalue weighted by atomic mass is 10.0. The van der Waals surface area contributed by atoms with E-state index in [0.717, 1.165) is 62.4 Å². The number of piperidine rings is 1. The van der Waals surface area contributed by atoms with Crippen LogP contribution in [0.5, 0.6) is 0 Å². The number of carbonyl (C=O) groups is 1. The molecular weight excluding hydrogens is 376 g/mol. The number of hydrogen-bond acceptors (Lipinski definition) is 6. The van der Waals surface area contributed by atoms with E-state index in [1.165, 1.54) is 5.56 Å². The van der Waals surface area contributed by atoms with Crippen LogP contribution in [0.25, 0.3) is 0 Å². The van der Waals surface area contributed by atoms with Gasteiger partial charge in [0.05, 0.1) is 16.4 Å². The molecule has 1 unspecified atom stereocenters. The number of hydrogen-bond donors (Lipinski definition) is 3. The molecular formula is C20H25ClN6O. The zero-order valence-corrected chi connectivity index (χ0v) is 16.7. The van der Waals surface area contributed by atoms with E-state index < -0.39 is 0 Å². The minimum absolute atomic E-state index is 0.0162. The van der Waals surface area contributed by atoms with Crippen LogP contribution in [0.3, 0.4) is 0 Å². The van der Waals surface area contributed by atoms with Crippen LogP contribution in [0.2, 0.25) is 5.02 Å². The molecule has 4 N–H and O–H groups in total. The maximum atomic E-state index is 11.5. The number of fused-ring (bicyclic) bond motifs is 1. The lowest BCUT2D eigenvalue weighted by Crippen LogP contribution is -2.47. The van der Waals surface area contributed by atoms with Crippen molar-refractivity contribution < 1.29 is 4.79 Å². The number of nitrogens with zero attached hydrogens (tertiary/aromatic N) is 3. The average Bonchev–Trinajstić information content (AvgIpc) is 3.12. The Morgan fingerprint density at radius 3 is 2.93 bits per heavy atom. The number of rotatable bonds is 4. The van der Waals surface area contributed by atoms with Crippen LogP contribution in [-0.4, -0.2) is 35.0 Å². The largest absolute Gasteiger partial charge is 0.397 e. The molecule has 2 aliphatic rings. The van der Waals surface area contributed by atoms with Crippen LogP contribution in [0.4, 0.5) is 23.1 Å². The molecule has 2 aromatic rings. The van der Waals surface area contributed by atoms with Crippen LogP contribution < -0.4 is 21.3 Å². The Kier molecular flexibility index (Phi) is 5.26. The normalized spacial score (nSPS) is 18.6. The topological polar surface area (TPSA) is 96.2 Å². The highest BCUT2D eigenvalue weighted by Gasteiger charge is 2.27. The summed E-state index contributed by atoms with van der Waals surface area (Å²) < 4.78 is 0. The van der Waals surface area contributed by atoms with Gasteiger partial charge in [-0.3, -0.25) is 4.79 Å². The van der Waals surface area contributed by atoms with Crippen molar-refractivity contribution in [1.29, 1.82) is 0 Å². The van der Waals surface area contributed by atoms with Crippen molar-refractivity contribution in [1.82, 2.24) is 15.3 Å². The smallest absolute Gasteiger partial charge is 0.229 e. The summed E-state index contributed by atoms with van der Waals surface area (Å²) in [6.45, 7) is 3.28. The van der Waals surface area contributed by atoms with Crippen LogP contribution in [-0.2, 0) is 17.6 Å². The van der Waals surface area contributed by atoms with Crippen LogP contribution >= 0.6 is 11.6 Å². The van der Waals surface area contributed by atoms with Crippen molar-refractivity contribution in [3.05, 3.63) is 34.5 Å². The standard InChI is InChI=1S/C20H25ClN6O/c1-12(28)23-14-4-3-9-27(11-14)19-15-5-2-6-18(15)25-20(26-19)24-13-7-8-16(21)17(22)10-13/h7-8,10,14H,2-6,9,11,22H2,1H3,(H,23,28)(H,24,25,26). The molecule has 28 heavy (non-hydrogen) atoms. The summed E-state index contributed by atoms with van der Waals surface area (Å²) >= 11 is 6.02. The molecule has 4 rings (SSSR count). The minimum atomic E-state index is 0.0162. The number of nitrogens with two attached hydrogens (primary N) is 1. The van der Waals surface area contributed by atoms with Gasteiger partial charge in [0.1, 0.15) is 5.82 Å². The molecule has 7 nitrogen and oxygen atoms in total. The van der Waals surface area contributed by atoms with Gasteiger partial charge in [-0.1, -0.05) is 11.6 Å². The van der Waals surface area contributed by atoms with E-state index in [0.29, 0.717) is 16.7 Å². The molecule has 1 amide bonds. The summed E-state index contributed by atoms with van der Waals surface area (Å²) in [5.74, 6) is 1.57. The molecule has 1 aliphatic carbocycles. The third-order valence-electron chi connectivity index (χ3n) is 5.29. The Labute approximate surface area is 169 Å². The van der Waals surface area contributed by atoms with Gasteiger partial charge in [0, 0.05) is 37.3 Å². The first kappa shape index (κ1) is 18.8. The summed E-state index contributed by atoms with van der Waals surface area (Å²) in [5, 5.41) is 6.84. The number of halogens is 1. The van der Waals surface area contributed by atoms with E-state index in [1.54, 1.807) is 19.1 Å². The molecule has 1 aromatic carbocycles. The molecule has 1 saturated heterocycles. The van der Waals surface area contributed by atoms with E-state index in [-0.39, 0.29) is 11.9 Å². The van der Waals surface area contributed by atoms with Gasteiger partial charge in [-0.15, -0.1) is 0 Å². The summed E-state index contributed by atoms with van der Waals surface area (Å²) in [6, 6.07) is 5.57. The molecule has 1 aromatic heterocycles. The van der Waals surface area contributed by atoms with Crippen molar-refractivity contribution >= 4 is 40.6 Å². The van der Waals surface area contributed by atoms with Crippen LogP contribution in [0, 0.1) is 0 Å². The minimum Gasteiger partial charge on any atom is -0.397 e. The second-order valence-electron chi connectivity index (χ2n) is 7.50. The zero-order valence-electron chi connectivity index (χ0n) is 16.0. The number of aryl methyl sites for hydroxylation is 1. The Bertz CT molecular complexity index is 903. The number of aromatic nitrogens is 2. The Hall–Kier alpha value is -2.54. The van der Waals surface area contributed by atoms with E-state index in [9.17, 15) is 4.79 Å². The van der Waals surface area contributed by atoms with Gasteiger partial charge in [-0.2, -0.15) is 4.98 Å². The van der Waals surface area contributed by atoms with Crippen LogP contribution in [0.1, 0.15) is 37.4 Å². The number of amides is 1. The lowest BCUT2D eigenvalue weighted by Gasteiger charge is -2.35. The average molecular weight is 401 g/mol. The second kappa shape index (κ2) is 7.83. The summed E-state index contributed by atoms with van der Waals surface area (Å²) in [5.41, 5.74) is 9.58. The molecule has 0 radical (unpaired) electrons. The molecule has 0 saturated carbocycles. The quantitative estimate of drug-likeness (QED) is 0.682. The molecule has 1 fully saturated rings. The van der Waals surface area contributed by atoms with Gasteiger partial charge in [-0.25, -0.2) is 4.98 Å². The van der Waals surface area contributed by atoms with Crippen molar-refractivity contribution in [3.8, 4) is 0 Å². The maximum absolute atomic E-state index is 11.5. The van der Waals surface area contributed by atoms with Gasteiger partial charge in [0.25, 0.3) is 0 Å². The molecule has 1 aliphatic heterocycles. The number of carbonyl (C=O) groups excluding carboxylic acids is 1. The highest BCUT2D eigenvalue weighted by Crippen LogP contribution is 2.32. The molecule has 0 bridgehead atoms. The van der Waals surface area contributed by atoms with Crippen molar-refractivity contribution in [3.63, 3.8) is 0 Å². The predicted molar refractivity (Wildman–Crippen MR) is 112 cm³/mol. The van der Waals surface area contributed by atoms with Gasteiger partial charge in [-0.05, 0) is 50.3 Å². The third kappa shape index (κ3) is 3.99. The van der Waals surface area contributed by atoms with E-state index in [2.05, 4.69) is 15.5 Å². The van der Waals surface area contributed by atoms with Gasteiger partial charge >= 0.3 is 0 Å². The number of nitrogen functional groups attached to an aromatic ring is 1. The first-order valence-electron chi connectivity index (χ1n) is 9.73. The number of nitrogens with one attached hydrogen (secondary N) is 2. The highest BCUT2D eigenvalue weighted by atomic mass is 35.5. The lowest BCUT2D eigenvalue weighted by molar-refractivity contribution is -0.119. The third-order valence-corrected chi connectivity index (χ3v) is 5.64. The van der Waals surface area contributed by atoms with E-state index in [4.69, 9.17) is 27.3 Å². The van der Waals surface area contributed by atoms with E-state index >= 15 is 0 Å². The summed E-state index contributed by atoms with van der Waals surface area (Å²) in [6.07, 6.45) is 5.08. The second-order valence-corrected chi connectivity index (χ2v) is 7.90. The van der Waals surface area contributed by atoms with Gasteiger partial charge in [0.2, 0.25) is 11.9 Å². The summed E-state index contributed by atoms with van der Waals surface area (Å²) in [7, 11) is 0. The SMILES string of the molecule is CC(=O)NC1CCCN(c2nc(Nc3ccc(Cl)c(N)c3)nc3c2CCC3)C1. The van der Waals surface area contributed by atoms with Crippen LogP contribution in [0.15, 0.2) is 18.2 Å². The van der Waals surface area contributed by atoms with Crippen molar-refractivity contribution in [2.45, 2.75) is 45.1 Å².